The third-order valence-electron chi connectivity index (χ3n) is 4.16. The molecule has 2 aromatic carbocycles. The number of carbonyl (C=O) groups is 5. The van der Waals surface area contributed by atoms with Crippen molar-refractivity contribution in [1.82, 2.24) is 10.9 Å². The number of amides is 3. The van der Waals surface area contributed by atoms with E-state index in [9.17, 15) is 24.0 Å². The summed E-state index contributed by atoms with van der Waals surface area (Å²) in [7, 11) is 0. The summed E-state index contributed by atoms with van der Waals surface area (Å²) in [6.45, 7) is 0.959. The van der Waals surface area contributed by atoms with E-state index in [2.05, 4.69) is 16.2 Å². The average molecular weight is 460 g/mol. The van der Waals surface area contributed by atoms with E-state index in [0.29, 0.717) is 11.3 Å². The molecule has 0 aliphatic carbocycles. The summed E-state index contributed by atoms with van der Waals surface area (Å²) < 4.78 is 4.87. The van der Waals surface area contributed by atoms with Gasteiger partial charge in [-0.2, -0.15) is 0 Å². The first kappa shape index (κ1) is 24.5. The lowest BCUT2D eigenvalue weighted by atomic mass is 10.1. The molecule has 0 aliphatic rings. The quantitative estimate of drug-likeness (QED) is 0.300. The van der Waals surface area contributed by atoms with Gasteiger partial charge in [0.2, 0.25) is 5.91 Å². The summed E-state index contributed by atoms with van der Waals surface area (Å²) >= 11 is 5.90. The second-order valence-corrected chi connectivity index (χ2v) is 7.09. The average Bonchev–Trinajstić information content (AvgIpc) is 2.76. The largest absolute Gasteiger partial charge is 0.456 e. The summed E-state index contributed by atoms with van der Waals surface area (Å²) in [6.07, 6.45) is 0.0554. The standard InChI is InChI=1S/C22H22ClN3O6/c1-14(27)15-9-11-16(12-10-15)24-20(29)13-32-21(30)8-4-7-19(28)25-26-22(31)17-5-2-3-6-18(17)23/h2-3,5-6,9-12H,4,7-8,13H2,1H3,(H,24,29)(H,25,28)(H,26,31). The lowest BCUT2D eigenvalue weighted by Gasteiger charge is -2.09. The van der Waals surface area contributed by atoms with Crippen LogP contribution in [0.4, 0.5) is 5.69 Å². The SMILES string of the molecule is CC(=O)c1ccc(NC(=O)COC(=O)CCCC(=O)NNC(=O)c2ccccc2Cl)cc1. The molecule has 0 aromatic heterocycles. The lowest BCUT2D eigenvalue weighted by Crippen LogP contribution is -2.41. The molecule has 0 saturated carbocycles. The van der Waals surface area contributed by atoms with Crippen LogP contribution in [0.2, 0.25) is 5.02 Å². The maximum absolute atomic E-state index is 11.9. The van der Waals surface area contributed by atoms with Crippen LogP contribution in [0, 0.1) is 0 Å². The summed E-state index contributed by atoms with van der Waals surface area (Å²) in [6, 6.07) is 12.7. The van der Waals surface area contributed by atoms with Gasteiger partial charge in [0, 0.05) is 24.1 Å². The van der Waals surface area contributed by atoms with E-state index in [1.54, 1.807) is 42.5 Å². The minimum atomic E-state index is -0.639. The number of nitrogens with one attached hydrogen (secondary N) is 3. The number of rotatable bonds is 9. The van der Waals surface area contributed by atoms with E-state index in [1.807, 2.05) is 0 Å². The van der Waals surface area contributed by atoms with Crippen LogP contribution in [0.25, 0.3) is 0 Å². The Balaban J connectivity index is 1.61. The third-order valence-corrected chi connectivity index (χ3v) is 4.49. The highest BCUT2D eigenvalue weighted by Crippen LogP contribution is 2.14. The zero-order valence-corrected chi connectivity index (χ0v) is 18.0. The van der Waals surface area contributed by atoms with Crippen molar-refractivity contribution in [3.05, 3.63) is 64.7 Å². The molecule has 0 fully saturated rings. The Bertz CT molecular complexity index is 1010. The molecule has 0 saturated heterocycles. The predicted octanol–water partition coefficient (Wildman–Crippen LogP) is 2.66. The predicted molar refractivity (Wildman–Crippen MR) is 117 cm³/mol. The molecular formula is C22H22ClN3O6. The normalized spacial score (nSPS) is 10.1. The minimum absolute atomic E-state index is 0.0351. The minimum Gasteiger partial charge on any atom is -0.456 e. The van der Waals surface area contributed by atoms with E-state index in [0.717, 1.165) is 0 Å². The van der Waals surface area contributed by atoms with Gasteiger partial charge in [-0.25, -0.2) is 0 Å². The monoisotopic (exact) mass is 459 g/mol. The second kappa shape index (κ2) is 12.2. The van der Waals surface area contributed by atoms with Crippen molar-refractivity contribution >= 4 is 46.8 Å². The molecule has 168 valence electrons. The third kappa shape index (κ3) is 8.19. The Hall–Kier alpha value is -3.72. The summed E-state index contributed by atoms with van der Waals surface area (Å²) in [4.78, 5) is 58.5. The highest BCUT2D eigenvalue weighted by molar-refractivity contribution is 6.33. The van der Waals surface area contributed by atoms with Crippen molar-refractivity contribution in [3.63, 3.8) is 0 Å². The van der Waals surface area contributed by atoms with Crippen molar-refractivity contribution < 1.29 is 28.7 Å². The van der Waals surface area contributed by atoms with Gasteiger partial charge in [-0.15, -0.1) is 0 Å². The van der Waals surface area contributed by atoms with Crippen LogP contribution >= 0.6 is 11.6 Å². The van der Waals surface area contributed by atoms with Gasteiger partial charge in [0.05, 0.1) is 10.6 Å². The van der Waals surface area contributed by atoms with Crippen LogP contribution in [0.1, 0.15) is 46.9 Å². The van der Waals surface area contributed by atoms with Crippen molar-refractivity contribution in [2.24, 2.45) is 0 Å². The number of hydrazine groups is 1. The van der Waals surface area contributed by atoms with E-state index >= 15 is 0 Å². The number of carbonyl (C=O) groups excluding carboxylic acids is 5. The Kier molecular flexibility index (Phi) is 9.37. The fraction of sp³-hybridized carbons (Fsp3) is 0.227. The molecule has 2 rings (SSSR count). The summed E-state index contributed by atoms with van der Waals surface area (Å²) in [5.41, 5.74) is 5.67. The van der Waals surface area contributed by atoms with Gasteiger partial charge < -0.3 is 10.1 Å². The lowest BCUT2D eigenvalue weighted by molar-refractivity contribution is -0.147. The molecular weight excluding hydrogens is 438 g/mol. The number of halogens is 1. The topological polar surface area (TPSA) is 131 Å². The van der Waals surface area contributed by atoms with Crippen molar-refractivity contribution in [3.8, 4) is 0 Å². The molecule has 0 aliphatic heterocycles. The molecule has 3 amide bonds. The second-order valence-electron chi connectivity index (χ2n) is 6.68. The van der Waals surface area contributed by atoms with Crippen LogP contribution in [0.15, 0.2) is 48.5 Å². The highest BCUT2D eigenvalue weighted by atomic mass is 35.5. The highest BCUT2D eigenvalue weighted by Gasteiger charge is 2.12. The van der Waals surface area contributed by atoms with Crippen LogP contribution in [-0.2, 0) is 19.1 Å². The van der Waals surface area contributed by atoms with Crippen LogP contribution < -0.4 is 16.2 Å². The van der Waals surface area contributed by atoms with Gasteiger partial charge in [0.25, 0.3) is 11.8 Å². The van der Waals surface area contributed by atoms with Crippen molar-refractivity contribution in [2.75, 3.05) is 11.9 Å². The Morgan fingerprint density at radius 2 is 1.56 bits per heavy atom. The first-order valence-corrected chi connectivity index (χ1v) is 10.0. The van der Waals surface area contributed by atoms with Gasteiger partial charge in [-0.05, 0) is 49.7 Å². The number of esters is 1. The van der Waals surface area contributed by atoms with E-state index < -0.39 is 30.3 Å². The van der Waals surface area contributed by atoms with Crippen LogP contribution in [0.3, 0.4) is 0 Å². The molecule has 3 N–H and O–H groups in total. The van der Waals surface area contributed by atoms with Crippen molar-refractivity contribution in [1.29, 1.82) is 0 Å². The smallest absolute Gasteiger partial charge is 0.306 e. The molecule has 0 heterocycles. The number of benzene rings is 2. The molecule has 0 atom stereocenters. The number of Topliss-reactive ketones (excluding diaryl/α,β-unsaturated/α-hetero) is 1. The fourth-order valence-corrected chi connectivity index (χ4v) is 2.72. The van der Waals surface area contributed by atoms with Crippen LogP contribution in [-0.4, -0.2) is 36.1 Å². The molecule has 2 aromatic rings. The molecule has 0 spiro atoms. The number of anilines is 1. The molecule has 10 heteroatoms. The van der Waals surface area contributed by atoms with Crippen molar-refractivity contribution in [2.45, 2.75) is 26.2 Å². The van der Waals surface area contributed by atoms with Crippen LogP contribution in [0.5, 0.6) is 0 Å². The van der Waals surface area contributed by atoms with Gasteiger partial charge in [0.15, 0.2) is 12.4 Å². The Morgan fingerprint density at radius 1 is 0.875 bits per heavy atom. The number of hydrogen-bond acceptors (Lipinski definition) is 6. The van der Waals surface area contributed by atoms with Gasteiger partial charge in [-0.3, -0.25) is 34.8 Å². The molecule has 0 bridgehead atoms. The molecule has 0 unspecified atom stereocenters. The zero-order valence-electron chi connectivity index (χ0n) is 17.3. The first-order chi connectivity index (χ1) is 15.3. The molecule has 9 nitrogen and oxygen atoms in total. The molecule has 32 heavy (non-hydrogen) atoms. The first-order valence-electron chi connectivity index (χ1n) is 9.66. The van der Waals surface area contributed by atoms with Gasteiger partial charge in [0.1, 0.15) is 0 Å². The molecule has 0 radical (unpaired) electrons. The summed E-state index contributed by atoms with van der Waals surface area (Å²) in [5, 5.41) is 2.79. The van der Waals surface area contributed by atoms with Gasteiger partial charge in [-0.1, -0.05) is 23.7 Å². The summed E-state index contributed by atoms with van der Waals surface area (Å²) in [5.74, 6) is -2.32. The van der Waals surface area contributed by atoms with E-state index in [4.69, 9.17) is 16.3 Å². The maximum Gasteiger partial charge on any atom is 0.306 e. The number of ketones is 1. The fourth-order valence-electron chi connectivity index (χ4n) is 2.50. The van der Waals surface area contributed by atoms with Gasteiger partial charge >= 0.3 is 5.97 Å². The Labute approximate surface area is 189 Å². The Morgan fingerprint density at radius 3 is 2.22 bits per heavy atom. The number of hydrogen-bond donors (Lipinski definition) is 3. The number of ether oxygens (including phenoxy) is 1. The zero-order chi connectivity index (χ0) is 23.5. The van der Waals surface area contributed by atoms with E-state index in [-0.39, 0.29) is 35.6 Å². The van der Waals surface area contributed by atoms with E-state index in [1.165, 1.54) is 13.0 Å². The maximum atomic E-state index is 11.9.